The second-order valence-electron chi connectivity index (χ2n) is 14.3. The maximum atomic E-state index is 11.9. The molecule has 0 aromatic heterocycles. The molecule has 4 aliphatic rings. The Morgan fingerprint density at radius 2 is 1.18 bits per heavy atom. The molecule has 4 aliphatic carbocycles. The summed E-state index contributed by atoms with van der Waals surface area (Å²) >= 11 is 0. The van der Waals surface area contributed by atoms with Gasteiger partial charge in [-0.25, -0.2) is 25.3 Å². The minimum Gasteiger partial charge on any atom is -0.726 e. The van der Waals surface area contributed by atoms with Gasteiger partial charge in [-0.15, -0.1) is 0 Å². The maximum absolute atomic E-state index is 11.9. The molecule has 0 heterocycles. The molecule has 0 aromatic rings. The van der Waals surface area contributed by atoms with Crippen LogP contribution in [0.5, 0.6) is 0 Å². The third-order valence-electron chi connectivity index (χ3n) is 11.6. The average molecular weight is 727 g/mol. The van der Waals surface area contributed by atoms with Gasteiger partial charge in [-0.2, -0.15) is 0 Å². The number of rotatable bonds is 11. The Kier molecular flexibility index (Phi) is 17.2. The topological polar surface area (TPSA) is 199 Å². The molecule has 4 saturated carbocycles. The standard InChI is InChI=1S/C27H48O12S3.3Na/c1-16(2)7-6-8-17(3)19-9-10-20-18-13-23(37-40(28,29)30)22-14-24(38-41(31,32)33)25(39-42(34,35)36)15-27(22,5)21(18)11-12-26(19,20)4;;;/h16-25H,6-15H2,1-5H3,(H,28,29,30)(H,31,32,33)(H,34,35,36);;;/q;3*+1/p-3/t17?,18?,19-,20?,21?,22-,23+,24+,25+,26-,27-;;;/m1.../s1. The first-order chi connectivity index (χ1) is 19.1. The van der Waals surface area contributed by atoms with Crippen LogP contribution in [0.25, 0.3) is 0 Å². The fourth-order valence-electron chi connectivity index (χ4n) is 10.0. The molecule has 246 valence electrons. The van der Waals surface area contributed by atoms with Crippen molar-refractivity contribution < 1.29 is 140 Å². The third kappa shape index (κ3) is 11.1. The summed E-state index contributed by atoms with van der Waals surface area (Å²) in [5.74, 6) is 0.980. The summed E-state index contributed by atoms with van der Waals surface area (Å²) in [4.78, 5) is 0. The molecule has 11 atom stereocenters. The van der Waals surface area contributed by atoms with E-state index < -0.39 is 60.8 Å². The Morgan fingerprint density at radius 3 is 1.71 bits per heavy atom. The van der Waals surface area contributed by atoms with Crippen LogP contribution in [0, 0.1) is 52.3 Å². The Morgan fingerprint density at radius 1 is 0.667 bits per heavy atom. The molecule has 4 rings (SSSR count). The summed E-state index contributed by atoms with van der Waals surface area (Å²) in [6.07, 6.45) is 2.45. The van der Waals surface area contributed by atoms with Crippen molar-refractivity contribution >= 4 is 31.2 Å². The molecule has 0 aromatic carbocycles. The van der Waals surface area contributed by atoms with E-state index in [9.17, 15) is 38.9 Å². The molecular formula is C27H45Na3O12S3. The van der Waals surface area contributed by atoms with Crippen molar-refractivity contribution in [3.8, 4) is 0 Å². The number of hydrogen-bond donors (Lipinski definition) is 0. The van der Waals surface area contributed by atoms with Gasteiger partial charge in [-0.05, 0) is 97.2 Å². The molecule has 0 spiro atoms. The number of fused-ring (bicyclic) bond motifs is 5. The van der Waals surface area contributed by atoms with E-state index in [4.69, 9.17) is 8.37 Å². The molecule has 0 aliphatic heterocycles. The van der Waals surface area contributed by atoms with E-state index in [0.29, 0.717) is 17.8 Å². The fourth-order valence-corrected chi connectivity index (χ4v) is 11.6. The summed E-state index contributed by atoms with van der Waals surface area (Å²) < 4.78 is 119. The molecule has 12 nitrogen and oxygen atoms in total. The van der Waals surface area contributed by atoms with E-state index in [1.807, 2.05) is 6.92 Å². The van der Waals surface area contributed by atoms with Gasteiger partial charge in [-0.1, -0.05) is 53.9 Å². The SMILES string of the molecule is CC(C)CCCC(C)[C@H]1CCC2C3C[C@H](OS(=O)(=O)[O-])[C@H]4C[C@H](OS(=O)(=O)[O-])[C@@H](OS(=O)(=O)[O-])C[C@]4(C)C3CC[C@@]21C.[Na+].[Na+].[Na+]. The summed E-state index contributed by atoms with van der Waals surface area (Å²) in [7, 11) is -15.8. The van der Waals surface area contributed by atoms with Gasteiger partial charge in [0.1, 0.15) is 12.2 Å². The number of hydrogen-bond acceptors (Lipinski definition) is 12. The third-order valence-corrected chi connectivity index (χ3v) is 13.0. The van der Waals surface area contributed by atoms with Crippen molar-refractivity contribution in [2.45, 2.75) is 117 Å². The quantitative estimate of drug-likeness (QED) is 0.112. The summed E-state index contributed by atoms with van der Waals surface area (Å²) in [5, 5.41) is 0. The van der Waals surface area contributed by atoms with Crippen LogP contribution in [0.3, 0.4) is 0 Å². The van der Waals surface area contributed by atoms with E-state index in [0.717, 1.165) is 38.5 Å². The fraction of sp³-hybridized carbons (Fsp3) is 1.00. The molecular weight excluding hydrogens is 681 g/mol. The maximum Gasteiger partial charge on any atom is 1.00 e. The van der Waals surface area contributed by atoms with Crippen molar-refractivity contribution in [2.24, 2.45) is 52.3 Å². The van der Waals surface area contributed by atoms with E-state index in [-0.39, 0.29) is 131 Å². The summed E-state index contributed by atoms with van der Waals surface area (Å²) in [6.45, 7) is 10.9. The predicted molar refractivity (Wildman–Crippen MR) is 148 cm³/mol. The van der Waals surface area contributed by atoms with Crippen LogP contribution >= 0.6 is 0 Å². The van der Waals surface area contributed by atoms with Gasteiger partial charge >= 0.3 is 88.7 Å². The molecule has 4 fully saturated rings. The average Bonchev–Trinajstić information content (AvgIpc) is 3.14. The van der Waals surface area contributed by atoms with E-state index >= 15 is 0 Å². The molecule has 0 N–H and O–H groups in total. The van der Waals surface area contributed by atoms with E-state index in [1.54, 1.807) is 0 Å². The van der Waals surface area contributed by atoms with E-state index in [1.165, 1.54) is 6.42 Å². The van der Waals surface area contributed by atoms with Crippen molar-refractivity contribution in [1.82, 2.24) is 0 Å². The van der Waals surface area contributed by atoms with Crippen LogP contribution < -0.4 is 88.7 Å². The Bertz CT molecular complexity index is 1310. The van der Waals surface area contributed by atoms with E-state index in [2.05, 4.69) is 31.9 Å². The normalized spacial score (nSPS) is 38.9. The van der Waals surface area contributed by atoms with Crippen molar-refractivity contribution in [1.29, 1.82) is 0 Å². The molecule has 45 heavy (non-hydrogen) atoms. The van der Waals surface area contributed by atoms with Crippen LogP contribution in [0.2, 0.25) is 0 Å². The first-order valence-corrected chi connectivity index (χ1v) is 19.1. The molecule has 0 bridgehead atoms. The minimum absolute atomic E-state index is 0. The summed E-state index contributed by atoms with van der Waals surface area (Å²) in [6, 6.07) is 0. The van der Waals surface area contributed by atoms with Crippen molar-refractivity contribution in [2.75, 3.05) is 0 Å². The van der Waals surface area contributed by atoms with Crippen LogP contribution in [-0.4, -0.2) is 57.2 Å². The molecule has 4 unspecified atom stereocenters. The second-order valence-corrected chi connectivity index (χ2v) is 17.4. The zero-order valence-corrected chi connectivity index (χ0v) is 36.4. The molecule has 0 amide bonds. The van der Waals surface area contributed by atoms with Gasteiger partial charge in [0.25, 0.3) is 0 Å². The first-order valence-electron chi connectivity index (χ1n) is 15.1. The zero-order chi connectivity index (χ0) is 31.5. The first kappa shape index (κ1) is 45.6. The van der Waals surface area contributed by atoms with Gasteiger partial charge in [0.05, 0.1) is 6.10 Å². The largest absolute Gasteiger partial charge is 1.00 e. The van der Waals surface area contributed by atoms with Crippen molar-refractivity contribution in [3.05, 3.63) is 0 Å². The van der Waals surface area contributed by atoms with Crippen LogP contribution in [0.4, 0.5) is 0 Å². The van der Waals surface area contributed by atoms with Gasteiger partial charge in [-0.3, -0.25) is 12.5 Å². The Balaban J connectivity index is 0.00000337. The molecule has 18 heteroatoms. The second kappa shape index (κ2) is 17.0. The Labute approximate surface area is 336 Å². The molecule has 0 radical (unpaired) electrons. The van der Waals surface area contributed by atoms with Gasteiger partial charge in [0, 0.05) is 0 Å². The predicted octanol–water partition coefficient (Wildman–Crippen LogP) is -5.12. The van der Waals surface area contributed by atoms with Crippen LogP contribution in [0.1, 0.15) is 98.8 Å². The minimum atomic E-state index is -5.34. The smallest absolute Gasteiger partial charge is 0.726 e. The Hall–Kier alpha value is 2.61. The van der Waals surface area contributed by atoms with Crippen LogP contribution in [-0.2, 0) is 43.7 Å². The monoisotopic (exact) mass is 726 g/mol. The van der Waals surface area contributed by atoms with Crippen molar-refractivity contribution in [3.63, 3.8) is 0 Å². The summed E-state index contributed by atoms with van der Waals surface area (Å²) in [5.41, 5.74) is -0.893. The zero-order valence-electron chi connectivity index (χ0n) is 28.0. The van der Waals surface area contributed by atoms with Gasteiger partial charge in [0.2, 0.25) is 31.2 Å². The van der Waals surface area contributed by atoms with Crippen LogP contribution in [0.15, 0.2) is 0 Å². The van der Waals surface area contributed by atoms with Gasteiger partial charge in [0.15, 0.2) is 0 Å². The van der Waals surface area contributed by atoms with Gasteiger partial charge < -0.3 is 13.7 Å². The molecule has 0 saturated heterocycles.